The van der Waals surface area contributed by atoms with E-state index in [1.165, 1.54) is 10.4 Å². The number of amides is 1. The molecule has 6 rings (SSSR count). The Labute approximate surface area is 300 Å². The van der Waals surface area contributed by atoms with Gasteiger partial charge in [-0.3, -0.25) is 9.78 Å². The first-order valence-corrected chi connectivity index (χ1v) is 20.1. The highest BCUT2D eigenvalue weighted by Crippen LogP contribution is 2.46. The van der Waals surface area contributed by atoms with E-state index in [2.05, 4.69) is 84.7 Å². The van der Waals surface area contributed by atoms with E-state index in [0.29, 0.717) is 25.3 Å². The minimum atomic E-state index is -2.82. The first-order valence-electron chi connectivity index (χ1n) is 17.1. The first-order chi connectivity index (χ1) is 23.8. The van der Waals surface area contributed by atoms with Gasteiger partial charge in [-0.15, -0.1) is 4.31 Å². The summed E-state index contributed by atoms with van der Waals surface area (Å²) in [5.41, 5.74) is 11.4. The van der Waals surface area contributed by atoms with Crippen LogP contribution in [-0.2, 0) is 22.3 Å². The predicted molar refractivity (Wildman–Crippen MR) is 206 cm³/mol. The maximum absolute atomic E-state index is 14.3. The largest absolute Gasteiger partial charge is 0.597 e. The van der Waals surface area contributed by atoms with Crippen molar-refractivity contribution < 1.29 is 13.8 Å². The van der Waals surface area contributed by atoms with E-state index in [4.69, 9.17) is 15.1 Å². The summed E-state index contributed by atoms with van der Waals surface area (Å²) in [6, 6.07) is 34.7. The Morgan fingerprint density at radius 1 is 0.880 bits per heavy atom. The molecule has 0 spiro atoms. The fourth-order valence-corrected chi connectivity index (χ4v) is 13.1. The molecule has 0 saturated heterocycles. The number of nitrogens with zero attached hydrogens (tertiary/aromatic N) is 3. The first kappa shape index (κ1) is 35.7. The van der Waals surface area contributed by atoms with Gasteiger partial charge in [-0.2, -0.15) is 0 Å². The minimum Gasteiger partial charge on any atom is -0.597 e. The Morgan fingerprint density at radius 2 is 1.50 bits per heavy atom. The van der Waals surface area contributed by atoms with Crippen molar-refractivity contribution >= 4 is 36.0 Å². The van der Waals surface area contributed by atoms with Crippen LogP contribution >= 0.6 is 0 Å². The van der Waals surface area contributed by atoms with Gasteiger partial charge < -0.3 is 14.7 Å². The summed E-state index contributed by atoms with van der Waals surface area (Å²) in [5, 5.41) is 2.23. The molecular formula is C41H46N4O3SSi. The van der Waals surface area contributed by atoms with E-state index < -0.39 is 30.3 Å². The number of nitrogens with two attached hydrogens (primary N) is 1. The fraction of sp³-hybridized carbons (Fsp3) is 0.293. The van der Waals surface area contributed by atoms with Crippen LogP contribution in [0.5, 0.6) is 0 Å². The summed E-state index contributed by atoms with van der Waals surface area (Å²) >= 11 is -1.36. The molecule has 258 valence electrons. The molecule has 2 N–H and O–H groups in total. The lowest BCUT2D eigenvalue weighted by molar-refractivity contribution is 0.0995. The average molecular weight is 703 g/mol. The van der Waals surface area contributed by atoms with Crippen LogP contribution in [0.25, 0.3) is 22.4 Å². The molecule has 0 aliphatic carbocycles. The number of carbonyl (C=O) groups is 1. The summed E-state index contributed by atoms with van der Waals surface area (Å²) in [6.45, 7) is 13.6. The van der Waals surface area contributed by atoms with Crippen molar-refractivity contribution in [1.29, 1.82) is 0 Å². The van der Waals surface area contributed by atoms with E-state index in [1.54, 1.807) is 12.3 Å². The highest BCUT2D eigenvalue weighted by atomic mass is 32.2. The van der Waals surface area contributed by atoms with Gasteiger partial charge in [0.15, 0.2) is 0 Å². The standard InChI is InChI=1S/C41H46N4O3SSi/c1-40(2,3)49(47)45-28-32-26-35(39(42)46)44-38(30-16-13-15-29(25-30)31-17-14-23-43-27-31)37(32)36(45)22-24-48-50(41(4,5)6,33-18-9-7-10-19-33)34-20-11-8-12-21-34/h7-21,23,25-27,36H,22,24,28H2,1-6H3,(H2,42,46)/t36?,49-/m1/s1. The lowest BCUT2D eigenvalue weighted by atomic mass is 9.94. The molecule has 0 saturated carbocycles. The number of pyridine rings is 2. The van der Waals surface area contributed by atoms with E-state index in [-0.39, 0.29) is 16.8 Å². The number of fused-ring (bicyclic) bond motifs is 1. The molecule has 1 aliphatic heterocycles. The van der Waals surface area contributed by atoms with Crippen LogP contribution in [0, 0.1) is 0 Å². The van der Waals surface area contributed by atoms with Gasteiger partial charge in [-0.05, 0) is 71.9 Å². The second-order valence-corrected chi connectivity index (χ2v) is 21.4. The quantitative estimate of drug-likeness (QED) is 0.122. The maximum Gasteiger partial charge on any atom is 0.267 e. The molecule has 50 heavy (non-hydrogen) atoms. The number of primary amides is 1. The Kier molecular flexibility index (Phi) is 10.2. The zero-order valence-corrected chi connectivity index (χ0v) is 31.5. The van der Waals surface area contributed by atoms with Gasteiger partial charge in [0.1, 0.15) is 10.4 Å². The van der Waals surface area contributed by atoms with Crippen molar-refractivity contribution in [3.8, 4) is 22.4 Å². The van der Waals surface area contributed by atoms with E-state index in [0.717, 1.165) is 27.8 Å². The van der Waals surface area contributed by atoms with Crippen LogP contribution in [0.15, 0.2) is 116 Å². The van der Waals surface area contributed by atoms with E-state index >= 15 is 0 Å². The normalized spacial score (nSPS) is 15.9. The second-order valence-electron chi connectivity index (χ2n) is 14.9. The highest BCUT2D eigenvalue weighted by Gasteiger charge is 2.51. The summed E-state index contributed by atoms with van der Waals surface area (Å²) in [4.78, 5) is 21.8. The van der Waals surface area contributed by atoms with Gasteiger partial charge in [-0.1, -0.05) is 106 Å². The minimum absolute atomic E-state index is 0.187. The Bertz CT molecular complexity index is 1910. The smallest absolute Gasteiger partial charge is 0.267 e. The van der Waals surface area contributed by atoms with Crippen LogP contribution < -0.4 is 16.1 Å². The molecule has 7 nitrogen and oxygen atoms in total. The third kappa shape index (κ3) is 6.93. The van der Waals surface area contributed by atoms with Crippen LogP contribution in [0.4, 0.5) is 0 Å². The van der Waals surface area contributed by atoms with E-state index in [9.17, 15) is 9.35 Å². The average Bonchev–Trinajstić information content (AvgIpc) is 3.47. The van der Waals surface area contributed by atoms with Crippen molar-refractivity contribution in [2.75, 3.05) is 6.61 Å². The predicted octanol–water partition coefficient (Wildman–Crippen LogP) is 7.20. The lowest BCUT2D eigenvalue weighted by Crippen LogP contribution is -2.66. The second kappa shape index (κ2) is 14.2. The third-order valence-electron chi connectivity index (χ3n) is 9.40. The molecule has 2 aromatic heterocycles. The molecule has 1 aliphatic rings. The molecule has 2 atom stereocenters. The summed E-state index contributed by atoms with van der Waals surface area (Å²) in [5.74, 6) is -0.598. The molecule has 0 bridgehead atoms. The van der Waals surface area contributed by atoms with Gasteiger partial charge >= 0.3 is 0 Å². The van der Waals surface area contributed by atoms with Gasteiger partial charge in [0.25, 0.3) is 14.2 Å². The number of carbonyl (C=O) groups excluding carboxylic acids is 1. The van der Waals surface area contributed by atoms with Crippen molar-refractivity contribution in [3.05, 3.63) is 132 Å². The third-order valence-corrected chi connectivity index (χ3v) is 16.3. The number of benzene rings is 3. The Hall–Kier alpha value is -4.12. The van der Waals surface area contributed by atoms with Crippen LogP contribution in [0.2, 0.25) is 5.04 Å². The SMILES string of the molecule is CC(C)(C)[S@@+]([O-])N1Cc2cc(C(N)=O)nc(-c3cccc(-c4cccnc4)c3)c2C1CCO[Si](c1ccccc1)(c1ccccc1)C(C)(C)C. The fourth-order valence-electron chi connectivity index (χ4n) is 7.16. The van der Waals surface area contributed by atoms with Gasteiger partial charge in [0.2, 0.25) is 0 Å². The van der Waals surface area contributed by atoms with Crippen molar-refractivity contribution in [2.45, 2.75) is 70.3 Å². The van der Waals surface area contributed by atoms with E-state index in [1.807, 2.05) is 69.4 Å². The molecule has 1 amide bonds. The zero-order valence-electron chi connectivity index (χ0n) is 29.7. The molecular weight excluding hydrogens is 657 g/mol. The molecule has 0 radical (unpaired) electrons. The highest BCUT2D eigenvalue weighted by molar-refractivity contribution is 7.90. The molecule has 5 aromatic rings. The van der Waals surface area contributed by atoms with Gasteiger partial charge in [0, 0.05) is 47.1 Å². The number of hydrogen-bond donors (Lipinski definition) is 1. The van der Waals surface area contributed by atoms with Crippen LogP contribution in [0.1, 0.15) is 75.6 Å². The summed E-state index contributed by atoms with van der Waals surface area (Å²) in [6.07, 6.45) is 4.16. The molecule has 9 heteroatoms. The van der Waals surface area contributed by atoms with Crippen LogP contribution in [0.3, 0.4) is 0 Å². The summed E-state index contributed by atoms with van der Waals surface area (Å²) < 4.78 is 23.2. The number of aromatic nitrogens is 2. The van der Waals surface area contributed by atoms with Gasteiger partial charge in [-0.25, -0.2) is 4.98 Å². The lowest BCUT2D eigenvalue weighted by Gasteiger charge is -2.43. The van der Waals surface area contributed by atoms with Crippen LogP contribution in [-0.4, -0.2) is 44.4 Å². The number of hydrogen-bond acceptors (Lipinski definition) is 6. The molecule has 1 unspecified atom stereocenters. The molecule has 3 aromatic carbocycles. The van der Waals surface area contributed by atoms with Crippen molar-refractivity contribution in [3.63, 3.8) is 0 Å². The monoisotopic (exact) mass is 702 g/mol. The Morgan fingerprint density at radius 3 is 2.06 bits per heavy atom. The number of rotatable bonds is 10. The topological polar surface area (TPSA) is 104 Å². The molecule has 3 heterocycles. The van der Waals surface area contributed by atoms with Gasteiger partial charge in [0.05, 0.1) is 18.3 Å². The zero-order chi connectivity index (χ0) is 35.7. The van der Waals surface area contributed by atoms with Crippen molar-refractivity contribution in [2.24, 2.45) is 5.73 Å². The molecule has 0 fully saturated rings. The Balaban J connectivity index is 1.46. The maximum atomic E-state index is 14.3. The summed E-state index contributed by atoms with van der Waals surface area (Å²) in [7, 11) is -2.82. The van der Waals surface area contributed by atoms with Crippen molar-refractivity contribution in [1.82, 2.24) is 14.3 Å².